The third kappa shape index (κ3) is 24.1. The van der Waals surface area contributed by atoms with E-state index in [0.29, 0.717) is 20.9 Å². The van der Waals surface area contributed by atoms with Crippen LogP contribution in [0.1, 0.15) is 226 Å². The summed E-state index contributed by atoms with van der Waals surface area (Å²) in [7, 11) is -8.13. The molecule has 2 atom stereocenters. The van der Waals surface area contributed by atoms with Crippen molar-refractivity contribution < 1.29 is 45.3 Å². The molecule has 20 nitrogen and oxygen atoms in total. The van der Waals surface area contributed by atoms with E-state index < -0.39 is 74.1 Å². The molecule has 0 radical (unpaired) electrons. The molecule has 106 heavy (non-hydrogen) atoms. The Balaban J connectivity index is 0.000000197. The van der Waals surface area contributed by atoms with Crippen LogP contribution in [0.2, 0.25) is 5.28 Å². The number of rotatable bonds is 22. The maximum absolute atomic E-state index is 13.1. The highest BCUT2D eigenvalue weighted by Crippen LogP contribution is 2.42. The number of amides is 4. The first-order valence-corrected chi connectivity index (χ1v) is 43.9. The molecule has 26 heteroatoms. The van der Waals surface area contributed by atoms with Crippen LogP contribution in [0.25, 0.3) is 11.4 Å². The number of benzene rings is 2. The van der Waals surface area contributed by atoms with Crippen LogP contribution in [0.4, 0.5) is 11.4 Å². The average molecular weight is 1550 g/mol. The molecule has 11 rings (SSSR count). The second-order valence-corrected chi connectivity index (χ2v) is 39.1. The molecule has 6 aromatic rings. The number of aromatic nitrogens is 4. The molecule has 3 aliphatic heterocycles. The van der Waals surface area contributed by atoms with Gasteiger partial charge in [-0.15, -0.1) is 22.7 Å². The van der Waals surface area contributed by atoms with Crippen molar-refractivity contribution in [3.05, 3.63) is 134 Å². The molecule has 0 bridgehead atoms. The Hall–Kier alpha value is -6.35. The highest BCUT2D eigenvalue weighted by atomic mass is 35.5. The van der Waals surface area contributed by atoms with Crippen molar-refractivity contribution in [3.8, 4) is 11.4 Å². The Kier molecular flexibility index (Phi) is 28.8. The van der Waals surface area contributed by atoms with E-state index in [1.165, 1.54) is 125 Å². The summed E-state index contributed by atoms with van der Waals surface area (Å²) >= 11 is 8.47. The summed E-state index contributed by atoms with van der Waals surface area (Å²) in [4.78, 5) is 77.1. The van der Waals surface area contributed by atoms with E-state index in [9.17, 15) is 36.0 Å². The summed E-state index contributed by atoms with van der Waals surface area (Å²) in [5.41, 5.74) is 4.16. The van der Waals surface area contributed by atoms with Crippen molar-refractivity contribution in [2.24, 2.45) is 35.5 Å². The lowest BCUT2D eigenvalue weighted by Crippen LogP contribution is -2.49. The topological polar surface area (TPSA) is 261 Å². The van der Waals surface area contributed by atoms with Crippen molar-refractivity contribution in [2.45, 2.75) is 233 Å². The summed E-state index contributed by atoms with van der Waals surface area (Å²) in [5, 5.41) is 5.79. The zero-order chi connectivity index (χ0) is 76.9. The highest BCUT2D eigenvalue weighted by Gasteiger charge is 2.52. The monoisotopic (exact) mass is 1550 g/mol. The fourth-order valence-corrected chi connectivity index (χ4v) is 18.3. The normalized spacial score (nSPS) is 20.8. The van der Waals surface area contributed by atoms with E-state index in [4.69, 9.17) is 20.9 Å². The molecule has 5 fully saturated rings. The Morgan fingerprint density at radius 3 is 1.22 bits per heavy atom. The molecule has 7 heterocycles. The number of hydrogen-bond donors (Lipinski definition) is 4. The van der Waals surface area contributed by atoms with Gasteiger partial charge in [-0.3, -0.25) is 28.6 Å². The first-order chi connectivity index (χ1) is 49.9. The van der Waals surface area contributed by atoms with Gasteiger partial charge in [0.1, 0.15) is 12.1 Å². The van der Waals surface area contributed by atoms with E-state index >= 15 is 0 Å². The number of carbonyl (C=O) groups is 4. The minimum absolute atomic E-state index is 0.105. The van der Waals surface area contributed by atoms with Crippen LogP contribution in [0.5, 0.6) is 0 Å². The van der Waals surface area contributed by atoms with Crippen LogP contribution >= 0.6 is 34.3 Å². The predicted octanol–water partition coefficient (Wildman–Crippen LogP) is 14.5. The predicted molar refractivity (Wildman–Crippen MR) is 429 cm³/mol. The highest BCUT2D eigenvalue weighted by molar-refractivity contribution is 7.89. The number of thiophene rings is 2. The maximum Gasteiger partial charge on any atom is 0.494 e. The smallest absolute Gasteiger partial charge is 0.399 e. The van der Waals surface area contributed by atoms with Gasteiger partial charge in [0, 0.05) is 54.3 Å². The molecule has 578 valence electrons. The lowest BCUT2D eigenvalue weighted by Gasteiger charge is -2.39. The molecule has 0 unspecified atom stereocenters. The number of sulfonamides is 2. The summed E-state index contributed by atoms with van der Waals surface area (Å²) in [6.45, 7) is 29.3. The number of nitrogens with one attached hydrogen (secondary N) is 4. The van der Waals surface area contributed by atoms with E-state index in [-0.39, 0.29) is 23.7 Å². The summed E-state index contributed by atoms with van der Waals surface area (Å²) < 4.78 is 63.2. The molecule has 4 N–H and O–H groups in total. The van der Waals surface area contributed by atoms with Gasteiger partial charge in [0.25, 0.3) is 23.6 Å². The molecule has 4 aromatic heterocycles. The quantitative estimate of drug-likeness (QED) is 0.0364. The van der Waals surface area contributed by atoms with Gasteiger partial charge in [-0.25, -0.2) is 36.8 Å². The maximum atomic E-state index is 13.1. The molecular formula is C80H114BClN10O10S4. The lowest BCUT2D eigenvalue weighted by atomic mass is 9.72. The Labute approximate surface area is 644 Å². The molecule has 0 spiro atoms. The van der Waals surface area contributed by atoms with Crippen LogP contribution in [-0.4, -0.2) is 129 Å². The average Bonchev–Trinajstić information content (AvgIpc) is 1.61. The molecule has 2 aliphatic carbocycles. The number of hydrogen-bond acceptors (Lipinski definition) is 18. The van der Waals surface area contributed by atoms with E-state index in [1.54, 1.807) is 12.1 Å². The first kappa shape index (κ1) is 83.7. The van der Waals surface area contributed by atoms with Crippen molar-refractivity contribution in [3.63, 3.8) is 0 Å². The summed E-state index contributed by atoms with van der Waals surface area (Å²) in [6, 6.07) is 19.8. The van der Waals surface area contributed by atoms with Gasteiger partial charge in [0.15, 0.2) is 5.82 Å². The fourth-order valence-electron chi connectivity index (χ4n) is 15.2. The minimum atomic E-state index is -3.81. The Morgan fingerprint density at radius 2 is 0.877 bits per heavy atom. The zero-order valence-electron chi connectivity index (χ0n) is 64.8. The van der Waals surface area contributed by atoms with Gasteiger partial charge in [-0.1, -0.05) is 155 Å². The number of nitrogens with zero attached hydrogens (tertiary/aromatic N) is 6. The van der Waals surface area contributed by atoms with E-state index in [2.05, 4.69) is 95.8 Å². The summed E-state index contributed by atoms with van der Waals surface area (Å²) in [6.07, 6.45) is 31.7. The molecule has 3 saturated heterocycles. The van der Waals surface area contributed by atoms with Gasteiger partial charge in [0.05, 0.1) is 69.6 Å². The van der Waals surface area contributed by atoms with Crippen LogP contribution in [0.3, 0.4) is 0 Å². The standard InChI is InChI=1S/C37H51N5O4S2.C25H35BN2O6S2.C18H28ClN3/c1-6-7-25-8-12-27(13-9-25)28-18-20-42(21-19-28)30-23-38-34(39-24-30)29-14-10-26(11-15-29)22-31(35(43)41-48(5,45)46)40-36(44)32-16-17-33(47-32)37(2,3)4;1-23(2,3)20-14-13-19(35-20)22(30)27-18(21(29)28-36(8,31)32)15-16-9-11-17(12-10-16)26-33-24(4,5)25(6,7)34-26;1-2-3-14-4-6-15(7-5-14)16-8-10-22(11-9-16)17-12-20-18(19)21-13-17/h10-11,14-17,23-25,27-28,31H,6-9,12-13,18-22H2,1-5H3,(H,40,44)(H,41,43);9-14,18H,15H2,1-8H3,(H,27,30)(H,28,29);12-16H,2-11H2,1H3/t25?,27?,31-;18-;/m00./s1. The van der Waals surface area contributed by atoms with Gasteiger partial charge in [-0.05, 0) is 178 Å². The van der Waals surface area contributed by atoms with Gasteiger partial charge in [0.2, 0.25) is 25.3 Å². The van der Waals surface area contributed by atoms with Gasteiger partial charge >= 0.3 is 7.12 Å². The number of carbonyl (C=O) groups excluding carboxylic acids is 4. The SMILES string of the molecule is CC(C)(C)c1ccc(C(=O)N[C@@H](Cc2ccc(B3OC(C)(C)C(C)(C)O3)cc2)C(=O)NS(C)(=O)=O)s1.CCCC1CCC(C2CCN(c3cnc(-c4ccc(C[C@H](NC(=O)c5ccc(C(C)(C)C)s5)C(=O)NS(C)(=O)=O)cc4)nc3)CC2)CC1.CCCC1CCC(C2CCN(c3cnc(Cl)nc3)CC2)CC1. The number of anilines is 2. The summed E-state index contributed by atoms with van der Waals surface area (Å²) in [5.74, 6) is 3.79. The Morgan fingerprint density at radius 1 is 0.528 bits per heavy atom. The van der Waals surface area contributed by atoms with Gasteiger partial charge in [-0.2, -0.15) is 0 Å². The Bertz CT molecular complexity index is 4080. The third-order valence-corrected chi connectivity index (χ3v) is 26.5. The molecule has 2 aromatic carbocycles. The van der Waals surface area contributed by atoms with Crippen molar-refractivity contribution in [2.75, 3.05) is 48.5 Å². The first-order valence-electron chi connectivity index (χ1n) is 38.1. The third-order valence-electron chi connectivity index (χ3n) is 22.1. The number of halogens is 1. The van der Waals surface area contributed by atoms with E-state index in [0.717, 1.165) is 117 Å². The second kappa shape index (κ2) is 36.5. The van der Waals surface area contributed by atoms with E-state index in [1.807, 2.05) is 123 Å². The van der Waals surface area contributed by atoms with Crippen molar-refractivity contribution in [1.82, 2.24) is 40.0 Å². The largest absolute Gasteiger partial charge is 0.494 e. The second-order valence-electron chi connectivity index (χ2n) is 33.1. The lowest BCUT2D eigenvalue weighted by molar-refractivity contribution is -0.121. The van der Waals surface area contributed by atoms with Crippen LogP contribution in [-0.2, 0) is 62.6 Å². The number of piperidine rings is 2. The van der Waals surface area contributed by atoms with Crippen LogP contribution < -0.4 is 35.3 Å². The molecular weight excluding hydrogens is 1440 g/mol. The van der Waals surface area contributed by atoms with Crippen LogP contribution in [0.15, 0.2) is 97.6 Å². The fraction of sp³-hybridized carbons (Fsp3) is 0.600. The zero-order valence-corrected chi connectivity index (χ0v) is 68.8. The van der Waals surface area contributed by atoms with Crippen LogP contribution in [0, 0.1) is 35.5 Å². The minimum Gasteiger partial charge on any atom is -0.399 e. The van der Waals surface area contributed by atoms with Crippen molar-refractivity contribution in [1.29, 1.82) is 0 Å². The molecule has 4 amide bonds. The van der Waals surface area contributed by atoms with Gasteiger partial charge < -0.3 is 29.7 Å². The molecule has 2 saturated carbocycles. The molecule has 5 aliphatic rings. The van der Waals surface area contributed by atoms with Crippen molar-refractivity contribution >= 4 is 102 Å².